The molecule has 2 aromatic carbocycles. The van der Waals surface area contributed by atoms with E-state index >= 15 is 0 Å². The Morgan fingerprint density at radius 1 is 1.10 bits per heavy atom. The Kier molecular flexibility index (Phi) is 7.07. The van der Waals surface area contributed by atoms with E-state index in [0.29, 0.717) is 15.6 Å². The first kappa shape index (κ1) is 22.5. The average molecular weight is 482 g/mol. The van der Waals surface area contributed by atoms with Crippen LogP contribution in [0.4, 0.5) is 0 Å². The molecule has 0 aliphatic carbocycles. The summed E-state index contributed by atoms with van der Waals surface area (Å²) in [7, 11) is 0. The summed E-state index contributed by atoms with van der Waals surface area (Å²) in [5.74, 6) is -0.627. The monoisotopic (exact) mass is 481 g/mol. The largest absolute Gasteiger partial charge is 0.459 e. The molecule has 0 spiro atoms. The standard InChI is InChI=1S/C24H24BrN3O3/c1-15(2)31-24(30)18-9-11-20(12-10-18)28-16(3)13-19(17(28)4)14-26-27-23(29)21-7-5-6-8-22(21)25/h5-15H,1-4H3,(H,27,29)/b26-14-. The molecule has 0 atom stereocenters. The number of halogens is 1. The van der Waals surface area contributed by atoms with Gasteiger partial charge in [0, 0.05) is 27.1 Å². The van der Waals surface area contributed by atoms with E-state index in [9.17, 15) is 9.59 Å². The molecule has 0 unspecified atom stereocenters. The highest BCUT2D eigenvalue weighted by Gasteiger charge is 2.13. The second-order valence-corrected chi connectivity index (χ2v) is 8.20. The highest BCUT2D eigenvalue weighted by Crippen LogP contribution is 2.21. The van der Waals surface area contributed by atoms with Crippen molar-refractivity contribution >= 4 is 34.0 Å². The van der Waals surface area contributed by atoms with Gasteiger partial charge in [0.05, 0.1) is 23.4 Å². The molecule has 0 fully saturated rings. The number of carbonyl (C=O) groups excluding carboxylic acids is 2. The zero-order valence-corrected chi connectivity index (χ0v) is 19.4. The summed E-state index contributed by atoms with van der Waals surface area (Å²) < 4.78 is 8.01. The first-order valence-corrected chi connectivity index (χ1v) is 10.7. The van der Waals surface area contributed by atoms with Crippen LogP contribution >= 0.6 is 15.9 Å². The van der Waals surface area contributed by atoms with Crippen molar-refractivity contribution in [2.24, 2.45) is 5.10 Å². The molecule has 0 radical (unpaired) electrons. The Morgan fingerprint density at radius 3 is 2.42 bits per heavy atom. The van der Waals surface area contributed by atoms with Gasteiger partial charge in [0.2, 0.25) is 0 Å². The number of benzene rings is 2. The van der Waals surface area contributed by atoms with Crippen LogP contribution in [0, 0.1) is 13.8 Å². The minimum atomic E-state index is -0.337. The third-order valence-electron chi connectivity index (χ3n) is 4.66. The van der Waals surface area contributed by atoms with Crippen molar-refractivity contribution in [3.8, 4) is 5.69 Å². The third kappa shape index (κ3) is 5.30. The number of nitrogens with one attached hydrogen (secondary N) is 1. The molecule has 1 aromatic heterocycles. The van der Waals surface area contributed by atoms with Crippen LogP contribution in [0.2, 0.25) is 0 Å². The Hall–Kier alpha value is -3.19. The average Bonchev–Trinajstić information content (AvgIpc) is 3.01. The van der Waals surface area contributed by atoms with Crippen LogP contribution in [-0.2, 0) is 4.74 Å². The van der Waals surface area contributed by atoms with Gasteiger partial charge in [0.15, 0.2) is 0 Å². The van der Waals surface area contributed by atoms with Crippen molar-refractivity contribution in [2.45, 2.75) is 33.8 Å². The van der Waals surface area contributed by atoms with Gasteiger partial charge in [0.25, 0.3) is 5.91 Å². The number of ether oxygens (including phenoxy) is 1. The number of hydrazone groups is 1. The van der Waals surface area contributed by atoms with E-state index in [2.05, 4.69) is 31.0 Å². The normalized spacial score (nSPS) is 11.2. The van der Waals surface area contributed by atoms with Crippen LogP contribution in [-0.4, -0.2) is 28.8 Å². The number of esters is 1. The van der Waals surface area contributed by atoms with Crippen LogP contribution in [0.5, 0.6) is 0 Å². The molecule has 1 heterocycles. The zero-order valence-electron chi connectivity index (χ0n) is 17.8. The lowest BCUT2D eigenvalue weighted by molar-refractivity contribution is 0.0378. The van der Waals surface area contributed by atoms with Crippen molar-refractivity contribution in [3.05, 3.63) is 87.1 Å². The van der Waals surface area contributed by atoms with Crippen molar-refractivity contribution in [1.82, 2.24) is 9.99 Å². The van der Waals surface area contributed by atoms with Gasteiger partial charge in [0.1, 0.15) is 0 Å². The first-order valence-electron chi connectivity index (χ1n) is 9.86. The van der Waals surface area contributed by atoms with Crippen molar-refractivity contribution in [1.29, 1.82) is 0 Å². The molecule has 3 aromatic rings. The zero-order chi connectivity index (χ0) is 22.5. The molecular weight excluding hydrogens is 458 g/mol. The number of aryl methyl sites for hydroxylation is 1. The Morgan fingerprint density at radius 2 is 1.77 bits per heavy atom. The van der Waals surface area contributed by atoms with Crippen molar-refractivity contribution in [3.63, 3.8) is 0 Å². The minimum Gasteiger partial charge on any atom is -0.459 e. The molecule has 31 heavy (non-hydrogen) atoms. The van der Waals surface area contributed by atoms with E-state index in [-0.39, 0.29) is 18.0 Å². The second-order valence-electron chi connectivity index (χ2n) is 7.34. The molecular formula is C24H24BrN3O3. The van der Waals surface area contributed by atoms with E-state index in [1.165, 1.54) is 0 Å². The fraction of sp³-hybridized carbons (Fsp3) is 0.208. The number of amides is 1. The van der Waals surface area contributed by atoms with Crippen molar-refractivity contribution in [2.75, 3.05) is 0 Å². The smallest absolute Gasteiger partial charge is 0.338 e. The molecule has 1 N–H and O–H groups in total. The molecule has 0 bridgehead atoms. The molecule has 0 aliphatic heterocycles. The molecule has 0 aliphatic rings. The van der Waals surface area contributed by atoms with Gasteiger partial charge in [-0.05, 0) is 86.1 Å². The summed E-state index contributed by atoms with van der Waals surface area (Å²) in [5, 5.41) is 4.11. The number of hydrogen-bond acceptors (Lipinski definition) is 4. The van der Waals surface area contributed by atoms with E-state index in [4.69, 9.17) is 4.74 Å². The number of rotatable bonds is 6. The van der Waals surface area contributed by atoms with Crippen LogP contribution < -0.4 is 5.43 Å². The van der Waals surface area contributed by atoms with E-state index < -0.39 is 0 Å². The fourth-order valence-corrected chi connectivity index (χ4v) is 3.68. The number of hydrogen-bond donors (Lipinski definition) is 1. The summed E-state index contributed by atoms with van der Waals surface area (Å²) in [4.78, 5) is 24.3. The number of carbonyl (C=O) groups is 2. The minimum absolute atomic E-state index is 0.161. The lowest BCUT2D eigenvalue weighted by Crippen LogP contribution is -2.18. The Bertz CT molecular complexity index is 1130. The summed E-state index contributed by atoms with van der Waals surface area (Å²) in [6.45, 7) is 7.61. The van der Waals surface area contributed by atoms with E-state index in [1.54, 1.807) is 36.5 Å². The quantitative estimate of drug-likeness (QED) is 0.299. The Balaban J connectivity index is 1.76. The first-order chi connectivity index (χ1) is 14.8. The lowest BCUT2D eigenvalue weighted by Gasteiger charge is -2.11. The van der Waals surface area contributed by atoms with E-state index in [0.717, 1.165) is 22.6 Å². The third-order valence-corrected chi connectivity index (χ3v) is 5.35. The molecule has 3 rings (SSSR count). The summed E-state index contributed by atoms with van der Waals surface area (Å²) in [6.07, 6.45) is 1.47. The maximum absolute atomic E-state index is 12.3. The van der Waals surface area contributed by atoms with Gasteiger partial charge in [-0.3, -0.25) is 4.79 Å². The van der Waals surface area contributed by atoms with Gasteiger partial charge >= 0.3 is 5.97 Å². The summed E-state index contributed by atoms with van der Waals surface area (Å²) >= 11 is 3.36. The molecule has 7 heteroatoms. The SMILES string of the molecule is Cc1cc(/C=N\NC(=O)c2ccccc2Br)c(C)n1-c1ccc(C(=O)OC(C)C)cc1. The molecule has 160 valence electrons. The predicted octanol–water partition coefficient (Wildman–Crippen LogP) is 5.19. The highest BCUT2D eigenvalue weighted by atomic mass is 79.9. The van der Waals surface area contributed by atoms with Gasteiger partial charge in [-0.2, -0.15) is 5.10 Å². The summed E-state index contributed by atoms with van der Waals surface area (Å²) in [5.41, 5.74) is 7.37. The maximum Gasteiger partial charge on any atom is 0.338 e. The van der Waals surface area contributed by atoms with Gasteiger partial charge in [-0.15, -0.1) is 0 Å². The van der Waals surface area contributed by atoms with Crippen LogP contribution in [0.25, 0.3) is 5.69 Å². The summed E-state index contributed by atoms with van der Waals surface area (Å²) in [6, 6.07) is 16.4. The molecule has 1 amide bonds. The van der Waals surface area contributed by atoms with Gasteiger partial charge in [-0.25, -0.2) is 10.2 Å². The topological polar surface area (TPSA) is 72.7 Å². The van der Waals surface area contributed by atoms with E-state index in [1.807, 2.05) is 52.0 Å². The van der Waals surface area contributed by atoms with Crippen LogP contribution in [0.1, 0.15) is 51.5 Å². The maximum atomic E-state index is 12.3. The van der Waals surface area contributed by atoms with Crippen LogP contribution in [0.3, 0.4) is 0 Å². The van der Waals surface area contributed by atoms with Crippen molar-refractivity contribution < 1.29 is 14.3 Å². The number of nitrogens with zero attached hydrogens (tertiary/aromatic N) is 2. The Labute approximate surface area is 190 Å². The molecule has 0 saturated heterocycles. The molecule has 0 saturated carbocycles. The van der Waals surface area contributed by atoms with Gasteiger partial charge in [-0.1, -0.05) is 12.1 Å². The molecule has 6 nitrogen and oxygen atoms in total. The van der Waals surface area contributed by atoms with Gasteiger partial charge < -0.3 is 9.30 Å². The number of aromatic nitrogens is 1. The fourth-order valence-electron chi connectivity index (χ4n) is 3.21. The van der Waals surface area contributed by atoms with Crippen LogP contribution in [0.15, 0.2) is 64.2 Å². The second kappa shape index (κ2) is 9.75. The predicted molar refractivity (Wildman–Crippen MR) is 125 cm³/mol. The highest BCUT2D eigenvalue weighted by molar-refractivity contribution is 9.10. The lowest BCUT2D eigenvalue weighted by atomic mass is 10.2.